The first kappa shape index (κ1) is 21.3. The van der Waals surface area contributed by atoms with Crippen molar-refractivity contribution in [1.82, 2.24) is 0 Å². The van der Waals surface area contributed by atoms with Crippen LogP contribution >= 0.6 is 23.8 Å². The molecule has 0 aromatic heterocycles. The van der Waals surface area contributed by atoms with Gasteiger partial charge in [-0.2, -0.15) is 0 Å². The van der Waals surface area contributed by atoms with E-state index in [1.807, 2.05) is 30.3 Å². The summed E-state index contributed by atoms with van der Waals surface area (Å²) in [6.07, 6.45) is 0.333. The number of esters is 2. The van der Waals surface area contributed by atoms with Gasteiger partial charge in [0.05, 0.1) is 18.2 Å². The van der Waals surface area contributed by atoms with Gasteiger partial charge in [0, 0.05) is 23.0 Å². The molecule has 0 bridgehead atoms. The number of hydrogen-bond acceptors (Lipinski definition) is 5. The molecule has 0 aliphatic carbocycles. The molecule has 0 saturated carbocycles. The van der Waals surface area contributed by atoms with Crippen LogP contribution in [0.2, 0.25) is 5.02 Å². The van der Waals surface area contributed by atoms with Crippen molar-refractivity contribution >= 4 is 46.4 Å². The molecule has 0 N–H and O–H groups in total. The Morgan fingerprint density at radius 3 is 2.10 bits per heavy atom. The molecule has 1 aliphatic rings. The van der Waals surface area contributed by atoms with Crippen molar-refractivity contribution in [1.29, 1.82) is 0 Å². The van der Waals surface area contributed by atoms with E-state index in [1.165, 1.54) is 0 Å². The summed E-state index contributed by atoms with van der Waals surface area (Å²) >= 11 is 11.7. The van der Waals surface area contributed by atoms with E-state index in [0.717, 1.165) is 5.56 Å². The van der Waals surface area contributed by atoms with Crippen LogP contribution in [-0.2, 0) is 19.1 Å². The zero-order valence-corrected chi connectivity index (χ0v) is 17.8. The number of halogens is 1. The minimum absolute atomic E-state index is 0.128. The van der Waals surface area contributed by atoms with Crippen molar-refractivity contribution in [2.75, 3.05) is 18.1 Å². The molecule has 1 fully saturated rings. The molecule has 7 heteroatoms. The summed E-state index contributed by atoms with van der Waals surface area (Å²) in [4.78, 5) is 28.9. The second-order valence-corrected chi connectivity index (χ2v) is 7.49. The van der Waals surface area contributed by atoms with Crippen LogP contribution in [0.3, 0.4) is 0 Å². The largest absolute Gasteiger partial charge is 0.464 e. The lowest BCUT2D eigenvalue weighted by molar-refractivity contribution is -0.164. The third-order valence-electron chi connectivity index (χ3n) is 4.95. The van der Waals surface area contributed by atoms with Crippen molar-refractivity contribution < 1.29 is 19.1 Å². The second-order valence-electron chi connectivity index (χ2n) is 6.58. The highest BCUT2D eigenvalue weighted by Crippen LogP contribution is 2.47. The summed E-state index contributed by atoms with van der Waals surface area (Å²) in [7, 11) is 0. The predicted molar refractivity (Wildman–Crippen MR) is 116 cm³/mol. The Balaban J connectivity index is 2.26. The van der Waals surface area contributed by atoms with Gasteiger partial charge in [0.15, 0.2) is 0 Å². The third-order valence-corrected chi connectivity index (χ3v) is 5.55. The Morgan fingerprint density at radius 1 is 1.03 bits per heavy atom. The number of rotatable bonds is 6. The van der Waals surface area contributed by atoms with E-state index in [4.69, 9.17) is 33.3 Å². The lowest BCUT2D eigenvalue weighted by Gasteiger charge is -2.38. The van der Waals surface area contributed by atoms with Crippen LogP contribution in [0.5, 0.6) is 0 Å². The zero-order valence-electron chi connectivity index (χ0n) is 16.3. The Kier molecular flexibility index (Phi) is 6.55. The van der Waals surface area contributed by atoms with E-state index in [-0.39, 0.29) is 13.2 Å². The topological polar surface area (TPSA) is 55.8 Å². The van der Waals surface area contributed by atoms with Gasteiger partial charge in [-0.15, -0.1) is 0 Å². The van der Waals surface area contributed by atoms with E-state index >= 15 is 0 Å². The lowest BCUT2D eigenvalue weighted by atomic mass is 9.79. The van der Waals surface area contributed by atoms with E-state index in [1.54, 1.807) is 43.0 Å². The highest BCUT2D eigenvalue weighted by atomic mass is 35.5. The Bertz CT molecular complexity index is 883. The van der Waals surface area contributed by atoms with Crippen LogP contribution in [0.25, 0.3) is 0 Å². The predicted octanol–water partition coefficient (Wildman–Crippen LogP) is 4.53. The van der Waals surface area contributed by atoms with Crippen molar-refractivity contribution in [2.45, 2.75) is 31.7 Å². The maximum atomic E-state index is 13.4. The molecule has 0 spiro atoms. The average molecular weight is 432 g/mol. The molecule has 0 radical (unpaired) electrons. The first-order valence-corrected chi connectivity index (χ1v) is 10.2. The number of thiocarbonyl (C=S) groups is 1. The number of ether oxygens (including phenoxy) is 2. The first-order chi connectivity index (χ1) is 14.0. The molecule has 3 rings (SSSR count). The number of hydrogen-bond donors (Lipinski definition) is 0. The molecular formula is C22H22ClNO4S. The molecule has 5 nitrogen and oxygen atoms in total. The van der Waals surface area contributed by atoms with E-state index in [2.05, 4.69) is 0 Å². The minimum Gasteiger partial charge on any atom is -0.464 e. The van der Waals surface area contributed by atoms with Gasteiger partial charge in [-0.05, 0) is 43.7 Å². The lowest BCUT2D eigenvalue weighted by Crippen LogP contribution is -2.62. The van der Waals surface area contributed by atoms with Crippen molar-refractivity contribution in [3.05, 3.63) is 65.2 Å². The van der Waals surface area contributed by atoms with E-state index in [9.17, 15) is 9.59 Å². The van der Waals surface area contributed by atoms with Gasteiger partial charge in [0.25, 0.3) is 0 Å². The van der Waals surface area contributed by atoms with E-state index < -0.39 is 23.4 Å². The van der Waals surface area contributed by atoms with E-state index in [0.29, 0.717) is 22.1 Å². The van der Waals surface area contributed by atoms with Gasteiger partial charge in [0.1, 0.15) is 0 Å². The molecule has 2 aromatic carbocycles. The summed E-state index contributed by atoms with van der Waals surface area (Å²) in [6.45, 7) is 3.66. The highest BCUT2D eigenvalue weighted by molar-refractivity contribution is 7.80. The quantitative estimate of drug-likeness (QED) is 0.380. The highest BCUT2D eigenvalue weighted by Gasteiger charge is 2.65. The molecule has 1 heterocycles. The van der Waals surface area contributed by atoms with Crippen LogP contribution in [0.15, 0.2) is 54.6 Å². The molecule has 29 heavy (non-hydrogen) atoms. The molecule has 0 amide bonds. The van der Waals surface area contributed by atoms with Gasteiger partial charge < -0.3 is 14.4 Å². The Morgan fingerprint density at radius 2 is 1.59 bits per heavy atom. The fraction of sp³-hybridized carbons (Fsp3) is 0.318. The van der Waals surface area contributed by atoms with Gasteiger partial charge in [0.2, 0.25) is 5.54 Å². The molecule has 1 aliphatic heterocycles. The molecule has 1 unspecified atom stereocenters. The van der Waals surface area contributed by atoms with Gasteiger partial charge in [-0.25, -0.2) is 9.59 Å². The van der Waals surface area contributed by atoms with Crippen LogP contribution in [0, 0.1) is 0 Å². The van der Waals surface area contributed by atoms with Crippen molar-refractivity contribution in [3.63, 3.8) is 0 Å². The number of nitrogens with zero attached hydrogens (tertiary/aromatic N) is 1. The summed E-state index contributed by atoms with van der Waals surface area (Å²) in [5.74, 6) is -1.91. The summed E-state index contributed by atoms with van der Waals surface area (Å²) in [5, 5.41) is 0.538. The fourth-order valence-electron chi connectivity index (χ4n) is 3.78. The van der Waals surface area contributed by atoms with Crippen molar-refractivity contribution in [3.8, 4) is 0 Å². The maximum absolute atomic E-state index is 13.4. The number of carbonyl (C=O) groups is 2. The molecule has 1 saturated heterocycles. The van der Waals surface area contributed by atoms with Crippen LogP contribution in [0.4, 0.5) is 5.69 Å². The van der Waals surface area contributed by atoms with Gasteiger partial charge in [-0.3, -0.25) is 0 Å². The third kappa shape index (κ3) is 3.74. The van der Waals surface area contributed by atoms with Gasteiger partial charge in [-0.1, -0.05) is 54.2 Å². The average Bonchev–Trinajstić information content (AvgIpc) is 3.04. The molecular weight excluding hydrogens is 410 g/mol. The van der Waals surface area contributed by atoms with Crippen LogP contribution < -0.4 is 4.90 Å². The Hall–Kier alpha value is -2.44. The van der Waals surface area contributed by atoms with Crippen LogP contribution in [0.1, 0.15) is 31.7 Å². The normalized spacial score (nSPS) is 17.8. The summed E-state index contributed by atoms with van der Waals surface area (Å²) < 4.78 is 10.8. The van der Waals surface area contributed by atoms with Crippen molar-refractivity contribution in [2.24, 2.45) is 0 Å². The fourth-order valence-corrected chi connectivity index (χ4v) is 4.32. The molecule has 1 atom stereocenters. The molecule has 2 aromatic rings. The standard InChI is InChI=1S/C22H22ClNO4S/c1-3-27-20(25)22(21(26)28-4-2)18(15-8-6-5-7-9-15)14-19(29)24(22)17-12-10-16(23)11-13-17/h5-13,18H,3-4,14H2,1-2H3. The minimum atomic E-state index is -1.75. The summed E-state index contributed by atoms with van der Waals surface area (Å²) in [5.41, 5.74) is -0.357. The SMILES string of the molecule is CCOC(=O)C1(C(=O)OCC)C(c2ccccc2)CC(=S)N1c1ccc(Cl)cc1. The maximum Gasteiger partial charge on any atom is 0.344 e. The zero-order chi connectivity index (χ0) is 21.0. The second kappa shape index (κ2) is 8.93. The van der Waals surface area contributed by atoms with Crippen LogP contribution in [-0.4, -0.2) is 35.7 Å². The monoisotopic (exact) mass is 431 g/mol. The number of carbonyl (C=O) groups excluding carboxylic acids is 2. The number of anilines is 1. The summed E-state index contributed by atoms with van der Waals surface area (Å²) in [6, 6.07) is 16.2. The molecule has 152 valence electrons. The van der Waals surface area contributed by atoms with Gasteiger partial charge >= 0.3 is 11.9 Å². The number of benzene rings is 2. The first-order valence-electron chi connectivity index (χ1n) is 9.44. The smallest absolute Gasteiger partial charge is 0.344 e. The Labute approximate surface area is 180 Å².